The molecule has 1 aromatic carbocycles. The van der Waals surface area contributed by atoms with E-state index in [4.69, 9.17) is 14.6 Å². The standard InChI is InChI=1S/C12H12O4.Li.H/c13-11(14)8-1-2-9-6-15-7-12(3-4-16-12)10(9)5-8;;/h1-2,5H,3-4,6-7H2,(H,13,14);;. The van der Waals surface area contributed by atoms with Gasteiger partial charge in [-0.05, 0) is 23.3 Å². The number of carbonyl (C=O) groups is 1. The summed E-state index contributed by atoms with van der Waals surface area (Å²) in [4.78, 5) is 10.9. The van der Waals surface area contributed by atoms with Gasteiger partial charge in [0.2, 0.25) is 0 Å². The second-order valence-electron chi connectivity index (χ2n) is 4.26. The molecule has 1 fully saturated rings. The first-order valence-corrected chi connectivity index (χ1v) is 5.30. The van der Waals surface area contributed by atoms with Gasteiger partial charge in [0, 0.05) is 6.42 Å². The Morgan fingerprint density at radius 2 is 2.18 bits per heavy atom. The number of ether oxygens (including phenoxy) is 2. The Hall–Kier alpha value is -0.793. The summed E-state index contributed by atoms with van der Waals surface area (Å²) < 4.78 is 11.1. The molecule has 2 aliphatic rings. The molecule has 0 aromatic heterocycles. The van der Waals surface area contributed by atoms with Gasteiger partial charge in [-0.25, -0.2) is 4.79 Å². The van der Waals surface area contributed by atoms with Crippen molar-refractivity contribution in [2.75, 3.05) is 13.2 Å². The van der Waals surface area contributed by atoms with E-state index in [1.54, 1.807) is 12.1 Å². The Balaban J connectivity index is 0.00000108. The predicted octanol–water partition coefficient (Wildman–Crippen LogP) is 0.882. The fourth-order valence-corrected chi connectivity index (χ4v) is 2.34. The average molecular weight is 228 g/mol. The molecule has 17 heavy (non-hydrogen) atoms. The van der Waals surface area contributed by atoms with Crippen molar-refractivity contribution in [1.82, 2.24) is 0 Å². The van der Waals surface area contributed by atoms with Crippen LogP contribution in [0.4, 0.5) is 0 Å². The molecule has 1 spiro atoms. The van der Waals surface area contributed by atoms with Crippen LogP contribution in [0, 0.1) is 0 Å². The minimum absolute atomic E-state index is 0. The van der Waals surface area contributed by atoms with Gasteiger partial charge in [-0.1, -0.05) is 6.07 Å². The van der Waals surface area contributed by atoms with Gasteiger partial charge in [-0.2, -0.15) is 0 Å². The first kappa shape index (κ1) is 12.7. The first-order chi connectivity index (χ1) is 7.71. The first-order valence-electron chi connectivity index (χ1n) is 5.30. The third-order valence-electron chi connectivity index (χ3n) is 3.32. The maximum atomic E-state index is 10.9. The molecule has 1 atom stereocenters. The topological polar surface area (TPSA) is 55.8 Å². The molecule has 0 radical (unpaired) electrons. The number of rotatable bonds is 1. The number of carboxylic acid groups (broad SMARTS) is 1. The zero-order valence-electron chi connectivity index (χ0n) is 8.73. The average Bonchev–Trinajstić information content (AvgIpc) is 2.25. The van der Waals surface area contributed by atoms with Crippen LogP contribution in [0.25, 0.3) is 0 Å². The van der Waals surface area contributed by atoms with E-state index >= 15 is 0 Å². The second kappa shape index (κ2) is 4.47. The molecular weight excluding hydrogens is 215 g/mol. The summed E-state index contributed by atoms with van der Waals surface area (Å²) in [6.07, 6.45) is 0.906. The molecular formula is C12H13LiO4. The minimum atomic E-state index is -0.899. The van der Waals surface area contributed by atoms with E-state index in [0.29, 0.717) is 18.8 Å². The monoisotopic (exact) mass is 228 g/mol. The number of hydrogen-bond donors (Lipinski definition) is 1. The van der Waals surface area contributed by atoms with Crippen molar-refractivity contribution in [1.29, 1.82) is 0 Å². The van der Waals surface area contributed by atoms with Crippen molar-refractivity contribution in [3.63, 3.8) is 0 Å². The van der Waals surface area contributed by atoms with Gasteiger partial charge in [0.15, 0.2) is 0 Å². The van der Waals surface area contributed by atoms with Crippen LogP contribution in [0.2, 0.25) is 0 Å². The Morgan fingerprint density at radius 3 is 2.76 bits per heavy atom. The van der Waals surface area contributed by atoms with E-state index in [1.807, 2.05) is 6.07 Å². The van der Waals surface area contributed by atoms with Gasteiger partial charge in [0.1, 0.15) is 5.60 Å². The molecule has 5 heteroatoms. The molecule has 3 rings (SSSR count). The SMILES string of the molecule is O=C(O)c1ccc2c(c1)C1(CCO1)COC2.[LiH]. The van der Waals surface area contributed by atoms with Crippen molar-refractivity contribution in [3.8, 4) is 0 Å². The Labute approximate surface area is 111 Å². The molecule has 86 valence electrons. The molecule has 4 nitrogen and oxygen atoms in total. The summed E-state index contributed by atoms with van der Waals surface area (Å²) in [7, 11) is 0. The Kier molecular flexibility index (Phi) is 3.33. The third kappa shape index (κ3) is 1.92. The molecule has 0 aliphatic carbocycles. The summed E-state index contributed by atoms with van der Waals surface area (Å²) in [6, 6.07) is 5.16. The van der Waals surface area contributed by atoms with Gasteiger partial charge < -0.3 is 14.6 Å². The van der Waals surface area contributed by atoms with Crippen LogP contribution in [-0.4, -0.2) is 43.2 Å². The summed E-state index contributed by atoms with van der Waals surface area (Å²) in [5.74, 6) is -0.899. The van der Waals surface area contributed by atoms with Crippen LogP contribution in [0.15, 0.2) is 18.2 Å². The molecule has 1 saturated heterocycles. The molecule has 0 amide bonds. The van der Waals surface area contributed by atoms with E-state index in [1.165, 1.54) is 0 Å². The zero-order valence-corrected chi connectivity index (χ0v) is 8.73. The summed E-state index contributed by atoms with van der Waals surface area (Å²) in [6.45, 7) is 1.80. The van der Waals surface area contributed by atoms with E-state index in [9.17, 15) is 4.79 Å². The molecule has 0 saturated carbocycles. The van der Waals surface area contributed by atoms with Crippen molar-refractivity contribution < 1.29 is 19.4 Å². The van der Waals surface area contributed by atoms with Gasteiger partial charge in [-0.3, -0.25) is 0 Å². The number of carboxylic acids is 1. The van der Waals surface area contributed by atoms with Crippen LogP contribution in [-0.2, 0) is 21.7 Å². The fraction of sp³-hybridized carbons (Fsp3) is 0.417. The Bertz CT molecular complexity index is 454. The van der Waals surface area contributed by atoms with Crippen molar-refractivity contribution in [3.05, 3.63) is 34.9 Å². The fourth-order valence-electron chi connectivity index (χ4n) is 2.34. The normalized spacial score (nSPS) is 25.6. The summed E-state index contributed by atoms with van der Waals surface area (Å²) >= 11 is 0. The quantitative estimate of drug-likeness (QED) is 0.725. The zero-order chi connectivity index (χ0) is 11.2. The molecule has 0 bridgehead atoms. The maximum absolute atomic E-state index is 10.9. The second-order valence-corrected chi connectivity index (χ2v) is 4.26. The van der Waals surface area contributed by atoms with Crippen LogP contribution < -0.4 is 0 Å². The van der Waals surface area contributed by atoms with Crippen molar-refractivity contribution >= 4 is 24.8 Å². The van der Waals surface area contributed by atoms with E-state index in [-0.39, 0.29) is 24.5 Å². The Morgan fingerprint density at radius 1 is 1.41 bits per heavy atom. The molecule has 1 N–H and O–H groups in total. The van der Waals surface area contributed by atoms with Crippen LogP contribution in [0.5, 0.6) is 0 Å². The molecule has 1 aromatic rings. The van der Waals surface area contributed by atoms with E-state index in [2.05, 4.69) is 0 Å². The molecule has 1 unspecified atom stereocenters. The van der Waals surface area contributed by atoms with Crippen LogP contribution in [0.1, 0.15) is 27.9 Å². The van der Waals surface area contributed by atoms with E-state index in [0.717, 1.165) is 24.2 Å². The number of fused-ring (bicyclic) bond motifs is 2. The van der Waals surface area contributed by atoms with Gasteiger partial charge in [0.25, 0.3) is 0 Å². The van der Waals surface area contributed by atoms with Crippen molar-refractivity contribution in [2.45, 2.75) is 18.6 Å². The number of hydrogen-bond acceptors (Lipinski definition) is 3. The number of benzene rings is 1. The van der Waals surface area contributed by atoms with Crippen LogP contribution >= 0.6 is 0 Å². The van der Waals surface area contributed by atoms with Crippen LogP contribution in [0.3, 0.4) is 0 Å². The summed E-state index contributed by atoms with van der Waals surface area (Å²) in [5, 5.41) is 8.98. The van der Waals surface area contributed by atoms with Gasteiger partial charge >= 0.3 is 24.8 Å². The number of aromatic carboxylic acids is 1. The predicted molar refractivity (Wildman–Crippen MR) is 62.5 cm³/mol. The van der Waals surface area contributed by atoms with Gasteiger partial charge in [-0.15, -0.1) is 0 Å². The summed E-state index contributed by atoms with van der Waals surface area (Å²) in [5.41, 5.74) is 1.97. The van der Waals surface area contributed by atoms with E-state index < -0.39 is 5.97 Å². The third-order valence-corrected chi connectivity index (χ3v) is 3.32. The molecule has 2 heterocycles. The molecule has 2 aliphatic heterocycles. The van der Waals surface area contributed by atoms with Crippen molar-refractivity contribution in [2.24, 2.45) is 0 Å². The van der Waals surface area contributed by atoms with Gasteiger partial charge in [0.05, 0.1) is 25.4 Å².